The molecule has 3 aromatic rings. The Bertz CT molecular complexity index is 1090. The van der Waals surface area contributed by atoms with Crippen molar-refractivity contribution in [3.05, 3.63) is 41.2 Å². The van der Waals surface area contributed by atoms with E-state index in [9.17, 15) is 9.90 Å². The van der Waals surface area contributed by atoms with Gasteiger partial charge < -0.3 is 20.7 Å². The van der Waals surface area contributed by atoms with Crippen molar-refractivity contribution in [2.75, 3.05) is 11.9 Å². The summed E-state index contributed by atoms with van der Waals surface area (Å²) in [6.45, 7) is 2.61. The monoisotopic (exact) mass is 391 g/mol. The zero-order chi connectivity index (χ0) is 20.0. The molecule has 2 atom stereocenters. The molecule has 1 aliphatic heterocycles. The second kappa shape index (κ2) is 7.15. The van der Waals surface area contributed by atoms with Crippen molar-refractivity contribution < 1.29 is 9.90 Å². The minimum Gasteiger partial charge on any atom is -0.393 e. The van der Waals surface area contributed by atoms with Gasteiger partial charge in [0.15, 0.2) is 0 Å². The van der Waals surface area contributed by atoms with Crippen LogP contribution in [0.3, 0.4) is 0 Å². The zero-order valence-corrected chi connectivity index (χ0v) is 16.5. The highest BCUT2D eigenvalue weighted by Gasteiger charge is 2.23. The lowest BCUT2D eigenvalue weighted by Gasteiger charge is -2.27. The summed E-state index contributed by atoms with van der Waals surface area (Å²) in [4.78, 5) is 25.2. The number of aliphatic hydroxyl groups excluding tert-OH is 1. The van der Waals surface area contributed by atoms with Crippen LogP contribution in [0.25, 0.3) is 22.3 Å². The van der Waals surface area contributed by atoms with E-state index in [1.807, 2.05) is 31.2 Å². The Morgan fingerprint density at radius 1 is 1.21 bits per heavy atom. The molecule has 150 valence electrons. The van der Waals surface area contributed by atoms with Gasteiger partial charge in [-0.3, -0.25) is 4.79 Å². The molecule has 0 bridgehead atoms. The normalized spacial score (nSPS) is 21.7. The number of para-hydroxylation sites is 1. The lowest BCUT2D eigenvalue weighted by Crippen LogP contribution is -2.31. The van der Waals surface area contributed by atoms with Crippen molar-refractivity contribution in [2.24, 2.45) is 0 Å². The Morgan fingerprint density at radius 2 is 2.10 bits per heavy atom. The maximum atomic E-state index is 12.2. The Morgan fingerprint density at radius 3 is 2.93 bits per heavy atom. The SMILES string of the molecule is Cc1nc2cccc(-c3cc4c([nH]3)CCNC4=O)c2nc1NC1CCCC(O)C1. The lowest BCUT2D eigenvalue weighted by molar-refractivity contribution is 0.0946. The maximum Gasteiger partial charge on any atom is 0.253 e. The van der Waals surface area contributed by atoms with Gasteiger partial charge in [0.05, 0.1) is 22.9 Å². The molecule has 7 heteroatoms. The fourth-order valence-electron chi connectivity index (χ4n) is 4.45. The summed E-state index contributed by atoms with van der Waals surface area (Å²) in [6.07, 6.45) is 4.20. The van der Waals surface area contributed by atoms with Gasteiger partial charge in [0.25, 0.3) is 5.91 Å². The molecule has 2 aliphatic rings. The van der Waals surface area contributed by atoms with E-state index in [0.717, 1.165) is 71.6 Å². The molecule has 29 heavy (non-hydrogen) atoms. The van der Waals surface area contributed by atoms with Gasteiger partial charge >= 0.3 is 0 Å². The van der Waals surface area contributed by atoms with Gasteiger partial charge in [0, 0.05) is 36.0 Å². The van der Waals surface area contributed by atoms with Crippen molar-refractivity contribution in [3.8, 4) is 11.3 Å². The van der Waals surface area contributed by atoms with E-state index in [4.69, 9.17) is 9.97 Å². The molecule has 0 saturated heterocycles. The molecule has 5 rings (SSSR count). The number of H-pyrrole nitrogens is 1. The quantitative estimate of drug-likeness (QED) is 0.550. The molecule has 0 spiro atoms. The van der Waals surface area contributed by atoms with Crippen molar-refractivity contribution in [1.29, 1.82) is 0 Å². The summed E-state index contributed by atoms with van der Waals surface area (Å²) in [7, 11) is 0. The van der Waals surface area contributed by atoms with Gasteiger partial charge in [-0.2, -0.15) is 0 Å². The Balaban J connectivity index is 1.55. The fourth-order valence-corrected chi connectivity index (χ4v) is 4.45. The summed E-state index contributed by atoms with van der Waals surface area (Å²) in [5.41, 5.74) is 5.97. The van der Waals surface area contributed by atoms with Crippen molar-refractivity contribution in [3.63, 3.8) is 0 Å². The van der Waals surface area contributed by atoms with Crippen LogP contribution in [-0.4, -0.2) is 44.7 Å². The van der Waals surface area contributed by atoms with Gasteiger partial charge in [-0.1, -0.05) is 12.1 Å². The molecule has 3 heterocycles. The van der Waals surface area contributed by atoms with Gasteiger partial charge in [-0.15, -0.1) is 0 Å². The number of fused-ring (bicyclic) bond motifs is 2. The molecule has 1 aromatic carbocycles. The highest BCUT2D eigenvalue weighted by Crippen LogP contribution is 2.31. The number of carbonyl (C=O) groups excluding carboxylic acids is 1. The first-order chi connectivity index (χ1) is 14.1. The molecule has 1 fully saturated rings. The van der Waals surface area contributed by atoms with Crippen LogP contribution in [0, 0.1) is 6.92 Å². The van der Waals surface area contributed by atoms with Crippen molar-refractivity contribution >= 4 is 22.8 Å². The number of benzene rings is 1. The highest BCUT2D eigenvalue weighted by atomic mass is 16.3. The van der Waals surface area contributed by atoms with Crippen LogP contribution in [-0.2, 0) is 6.42 Å². The molecule has 0 radical (unpaired) electrons. The molecular weight excluding hydrogens is 366 g/mol. The number of aryl methyl sites for hydroxylation is 1. The number of anilines is 1. The number of carbonyl (C=O) groups is 1. The van der Waals surface area contributed by atoms with E-state index < -0.39 is 0 Å². The number of aromatic amines is 1. The van der Waals surface area contributed by atoms with Gasteiger partial charge in [0.2, 0.25) is 0 Å². The number of rotatable bonds is 3. The molecule has 1 amide bonds. The molecule has 2 aromatic heterocycles. The zero-order valence-electron chi connectivity index (χ0n) is 16.5. The highest BCUT2D eigenvalue weighted by molar-refractivity contribution is 5.99. The van der Waals surface area contributed by atoms with Gasteiger partial charge in [-0.05, 0) is 44.7 Å². The van der Waals surface area contributed by atoms with E-state index in [1.165, 1.54) is 0 Å². The first-order valence-corrected chi connectivity index (χ1v) is 10.3. The van der Waals surface area contributed by atoms with E-state index in [2.05, 4.69) is 15.6 Å². The number of aromatic nitrogens is 3. The van der Waals surface area contributed by atoms with E-state index >= 15 is 0 Å². The van der Waals surface area contributed by atoms with Crippen LogP contribution in [0.4, 0.5) is 5.82 Å². The second-order valence-corrected chi connectivity index (χ2v) is 8.07. The van der Waals surface area contributed by atoms with Crippen LogP contribution in [0.2, 0.25) is 0 Å². The Kier molecular flexibility index (Phi) is 4.47. The predicted molar refractivity (Wildman–Crippen MR) is 112 cm³/mol. The third kappa shape index (κ3) is 3.35. The Hall–Kier alpha value is -2.93. The van der Waals surface area contributed by atoms with Crippen LogP contribution in [0.15, 0.2) is 24.3 Å². The molecule has 7 nitrogen and oxygen atoms in total. The van der Waals surface area contributed by atoms with Crippen LogP contribution in [0.1, 0.15) is 47.4 Å². The van der Waals surface area contributed by atoms with Crippen molar-refractivity contribution in [2.45, 2.75) is 51.2 Å². The number of amides is 1. The predicted octanol–water partition coefficient (Wildman–Crippen LogP) is 2.93. The fraction of sp³-hybridized carbons (Fsp3) is 0.409. The average Bonchev–Trinajstić information content (AvgIpc) is 3.14. The molecule has 1 saturated carbocycles. The van der Waals surface area contributed by atoms with Gasteiger partial charge in [0.1, 0.15) is 11.3 Å². The van der Waals surface area contributed by atoms with Gasteiger partial charge in [-0.25, -0.2) is 9.97 Å². The van der Waals surface area contributed by atoms with E-state index in [1.54, 1.807) is 0 Å². The smallest absolute Gasteiger partial charge is 0.253 e. The topological polar surface area (TPSA) is 103 Å². The molecule has 2 unspecified atom stereocenters. The van der Waals surface area contributed by atoms with Crippen LogP contribution >= 0.6 is 0 Å². The largest absolute Gasteiger partial charge is 0.393 e. The first-order valence-electron chi connectivity index (χ1n) is 10.3. The summed E-state index contributed by atoms with van der Waals surface area (Å²) >= 11 is 0. The standard InChI is InChI=1S/C22H25N5O2/c1-12-21(25-13-4-2-5-14(28)10-13)27-20-15(6-3-7-18(20)24-12)19-11-16-17(26-19)8-9-23-22(16)29/h3,6-7,11,13-14,26,28H,2,4-5,8-10H2,1H3,(H,23,29)(H,25,27). The second-order valence-electron chi connectivity index (χ2n) is 8.07. The molecule has 1 aliphatic carbocycles. The van der Waals surface area contributed by atoms with Crippen LogP contribution < -0.4 is 10.6 Å². The summed E-state index contributed by atoms with van der Waals surface area (Å²) in [6, 6.07) is 8.05. The third-order valence-electron chi connectivity index (χ3n) is 5.95. The maximum absolute atomic E-state index is 12.2. The summed E-state index contributed by atoms with van der Waals surface area (Å²) in [5.74, 6) is 0.729. The number of nitrogens with one attached hydrogen (secondary N) is 3. The average molecular weight is 391 g/mol. The summed E-state index contributed by atoms with van der Waals surface area (Å²) < 4.78 is 0. The minimum absolute atomic E-state index is 0.0332. The molecule has 4 N–H and O–H groups in total. The van der Waals surface area contributed by atoms with Crippen LogP contribution in [0.5, 0.6) is 0 Å². The van der Waals surface area contributed by atoms with E-state index in [-0.39, 0.29) is 18.1 Å². The number of hydrogen-bond donors (Lipinski definition) is 4. The first kappa shape index (κ1) is 18.1. The van der Waals surface area contributed by atoms with E-state index in [0.29, 0.717) is 12.1 Å². The number of hydrogen-bond acceptors (Lipinski definition) is 5. The number of nitrogens with zero attached hydrogens (tertiary/aromatic N) is 2. The Labute approximate surface area is 169 Å². The molecular formula is C22H25N5O2. The number of aliphatic hydroxyl groups is 1. The third-order valence-corrected chi connectivity index (χ3v) is 5.95. The minimum atomic E-state index is -0.248. The lowest BCUT2D eigenvalue weighted by atomic mass is 9.93. The van der Waals surface area contributed by atoms with Crippen molar-refractivity contribution in [1.82, 2.24) is 20.3 Å². The summed E-state index contributed by atoms with van der Waals surface area (Å²) in [5, 5.41) is 16.4.